The highest BCUT2D eigenvalue weighted by Gasteiger charge is 2.41. The van der Waals surface area contributed by atoms with Gasteiger partial charge in [-0.1, -0.05) is 21.6 Å². The standard InChI is InChI=1S/C8H14N4O2S2/c9-5(13)1-11-3-7(11)15-16-8-4-12(8)2-6(10)14/h7-8H,1-4H2,(H2,9,13)(H2,10,14). The number of carbonyl (C=O) groups excluding carboxylic acids is 2. The Morgan fingerprint density at radius 2 is 1.38 bits per heavy atom. The first-order valence-corrected chi connectivity index (χ1v) is 7.20. The summed E-state index contributed by atoms with van der Waals surface area (Å²) in [5.41, 5.74) is 10.2. The van der Waals surface area contributed by atoms with Crippen LogP contribution in [0.5, 0.6) is 0 Å². The number of primary amides is 2. The molecule has 16 heavy (non-hydrogen) atoms. The Bertz CT molecular complexity index is 284. The number of hydrogen-bond donors (Lipinski definition) is 2. The normalized spacial score (nSPS) is 35.8. The maximum absolute atomic E-state index is 10.6. The summed E-state index contributed by atoms with van der Waals surface area (Å²) < 4.78 is 0. The molecule has 0 aliphatic carbocycles. The van der Waals surface area contributed by atoms with Gasteiger partial charge in [0, 0.05) is 13.1 Å². The van der Waals surface area contributed by atoms with E-state index < -0.39 is 0 Å². The third kappa shape index (κ3) is 3.55. The molecule has 0 saturated carbocycles. The SMILES string of the molecule is NC(=O)CN1CC1SSC1CN1CC(N)=O. The maximum Gasteiger partial charge on any atom is 0.231 e. The van der Waals surface area contributed by atoms with Gasteiger partial charge in [-0.25, -0.2) is 0 Å². The Balaban J connectivity index is 1.54. The van der Waals surface area contributed by atoms with Crippen LogP contribution in [0, 0.1) is 0 Å². The Kier molecular flexibility index (Phi) is 3.63. The van der Waals surface area contributed by atoms with Crippen molar-refractivity contribution in [3.05, 3.63) is 0 Å². The second-order valence-corrected chi connectivity index (χ2v) is 6.52. The Morgan fingerprint density at radius 3 is 1.69 bits per heavy atom. The van der Waals surface area contributed by atoms with Gasteiger partial charge in [-0.15, -0.1) is 0 Å². The van der Waals surface area contributed by atoms with Crippen molar-refractivity contribution in [3.8, 4) is 0 Å². The van der Waals surface area contributed by atoms with E-state index in [4.69, 9.17) is 11.5 Å². The first-order valence-electron chi connectivity index (χ1n) is 4.93. The smallest absolute Gasteiger partial charge is 0.231 e. The molecule has 0 aromatic carbocycles. The first-order chi connectivity index (χ1) is 7.56. The lowest BCUT2D eigenvalue weighted by Gasteiger charge is -2.01. The van der Waals surface area contributed by atoms with E-state index >= 15 is 0 Å². The minimum Gasteiger partial charge on any atom is -0.369 e. The van der Waals surface area contributed by atoms with Gasteiger partial charge in [0.1, 0.15) is 0 Å². The van der Waals surface area contributed by atoms with E-state index in [0.29, 0.717) is 23.8 Å². The summed E-state index contributed by atoms with van der Waals surface area (Å²) in [6.07, 6.45) is 0. The summed E-state index contributed by atoms with van der Waals surface area (Å²) in [4.78, 5) is 25.3. The zero-order chi connectivity index (χ0) is 11.7. The number of rotatable bonds is 7. The maximum atomic E-state index is 10.6. The van der Waals surface area contributed by atoms with Gasteiger partial charge in [0.15, 0.2) is 0 Å². The zero-order valence-electron chi connectivity index (χ0n) is 8.67. The van der Waals surface area contributed by atoms with Gasteiger partial charge < -0.3 is 11.5 Å². The molecule has 6 nitrogen and oxygen atoms in total. The highest BCUT2D eigenvalue weighted by molar-refractivity contribution is 8.77. The molecule has 0 radical (unpaired) electrons. The average Bonchev–Trinajstić information content (AvgIpc) is 3.00. The molecule has 0 aromatic heterocycles. The molecule has 2 fully saturated rings. The predicted molar refractivity (Wildman–Crippen MR) is 64.3 cm³/mol. The number of nitrogens with two attached hydrogens (primary N) is 2. The number of carbonyl (C=O) groups is 2. The second-order valence-electron chi connectivity index (χ2n) is 3.89. The largest absolute Gasteiger partial charge is 0.369 e. The van der Waals surface area contributed by atoms with Gasteiger partial charge in [0.25, 0.3) is 0 Å². The lowest BCUT2D eigenvalue weighted by atomic mass is 10.6. The Morgan fingerprint density at radius 1 is 1.00 bits per heavy atom. The van der Waals surface area contributed by atoms with Crippen LogP contribution in [0.3, 0.4) is 0 Å². The Labute approximate surface area is 101 Å². The number of amides is 2. The molecule has 4 atom stereocenters. The molecule has 2 saturated heterocycles. The van der Waals surface area contributed by atoms with Gasteiger partial charge in [0.2, 0.25) is 11.8 Å². The molecule has 2 amide bonds. The van der Waals surface area contributed by atoms with Crippen molar-refractivity contribution in [1.82, 2.24) is 9.80 Å². The summed E-state index contributed by atoms with van der Waals surface area (Å²) in [7, 11) is 3.47. The fraction of sp³-hybridized carbons (Fsp3) is 0.750. The van der Waals surface area contributed by atoms with Gasteiger partial charge in [-0.05, 0) is 0 Å². The van der Waals surface area contributed by atoms with E-state index in [-0.39, 0.29) is 11.8 Å². The highest BCUT2D eigenvalue weighted by Crippen LogP contribution is 2.44. The van der Waals surface area contributed by atoms with Crippen molar-refractivity contribution in [2.45, 2.75) is 10.7 Å². The molecular formula is C8H14N4O2S2. The van der Waals surface area contributed by atoms with E-state index in [1.165, 1.54) is 0 Å². The van der Waals surface area contributed by atoms with Crippen molar-refractivity contribution >= 4 is 33.4 Å². The molecule has 8 heteroatoms. The van der Waals surface area contributed by atoms with Crippen LogP contribution in [0.2, 0.25) is 0 Å². The molecule has 90 valence electrons. The fourth-order valence-electron chi connectivity index (χ4n) is 1.35. The molecule has 4 unspecified atom stereocenters. The van der Waals surface area contributed by atoms with E-state index in [2.05, 4.69) is 0 Å². The van der Waals surface area contributed by atoms with Crippen molar-refractivity contribution in [2.24, 2.45) is 11.5 Å². The van der Waals surface area contributed by atoms with Crippen LogP contribution in [-0.2, 0) is 9.59 Å². The summed E-state index contributed by atoms with van der Waals surface area (Å²) in [5.74, 6) is -0.565. The molecule has 0 bridgehead atoms. The van der Waals surface area contributed by atoms with Crippen molar-refractivity contribution in [1.29, 1.82) is 0 Å². The summed E-state index contributed by atoms with van der Waals surface area (Å²) in [6, 6.07) is 0. The molecule has 2 aliphatic rings. The van der Waals surface area contributed by atoms with Crippen molar-refractivity contribution < 1.29 is 9.59 Å². The minimum absolute atomic E-state index is 0.283. The van der Waals surface area contributed by atoms with Gasteiger partial charge in [0.05, 0.1) is 23.8 Å². The summed E-state index contributed by atoms with van der Waals surface area (Å²) in [5, 5.41) is 0.794. The lowest BCUT2D eigenvalue weighted by molar-refractivity contribution is -0.118. The van der Waals surface area contributed by atoms with Crippen LogP contribution in [0.1, 0.15) is 0 Å². The molecule has 0 aromatic rings. The third-order valence-electron chi connectivity index (χ3n) is 2.32. The van der Waals surface area contributed by atoms with E-state index in [0.717, 1.165) is 13.1 Å². The van der Waals surface area contributed by atoms with Crippen LogP contribution in [0.15, 0.2) is 0 Å². The molecule has 2 aliphatic heterocycles. The third-order valence-corrected chi connectivity index (χ3v) is 5.44. The van der Waals surface area contributed by atoms with Crippen LogP contribution < -0.4 is 11.5 Å². The quantitative estimate of drug-likeness (QED) is 0.434. The van der Waals surface area contributed by atoms with Gasteiger partial charge in [-0.3, -0.25) is 19.4 Å². The van der Waals surface area contributed by atoms with Crippen LogP contribution in [0.25, 0.3) is 0 Å². The lowest BCUT2D eigenvalue weighted by Crippen LogP contribution is -2.22. The molecule has 4 N–H and O–H groups in total. The van der Waals surface area contributed by atoms with E-state index in [1.54, 1.807) is 21.6 Å². The molecular weight excluding hydrogens is 248 g/mol. The van der Waals surface area contributed by atoms with Crippen molar-refractivity contribution in [2.75, 3.05) is 26.2 Å². The van der Waals surface area contributed by atoms with E-state index in [1.807, 2.05) is 9.80 Å². The Hall–Kier alpha value is -0.440. The van der Waals surface area contributed by atoms with Crippen LogP contribution in [-0.4, -0.2) is 58.5 Å². The van der Waals surface area contributed by atoms with Gasteiger partial charge in [-0.2, -0.15) is 0 Å². The minimum atomic E-state index is -0.283. The van der Waals surface area contributed by atoms with Crippen LogP contribution in [0.4, 0.5) is 0 Å². The topological polar surface area (TPSA) is 92.2 Å². The van der Waals surface area contributed by atoms with Crippen LogP contribution >= 0.6 is 21.6 Å². The monoisotopic (exact) mass is 262 g/mol. The summed E-state index contributed by atoms with van der Waals surface area (Å²) >= 11 is 0. The number of nitrogens with zero attached hydrogens (tertiary/aromatic N) is 2. The van der Waals surface area contributed by atoms with E-state index in [9.17, 15) is 9.59 Å². The molecule has 2 heterocycles. The zero-order valence-corrected chi connectivity index (χ0v) is 10.3. The second kappa shape index (κ2) is 4.82. The molecule has 2 rings (SSSR count). The highest BCUT2D eigenvalue weighted by atomic mass is 33.1. The van der Waals surface area contributed by atoms with Gasteiger partial charge >= 0.3 is 0 Å². The summed E-state index contributed by atoms with van der Waals surface area (Å²) in [6.45, 7) is 2.52. The number of hydrogen-bond acceptors (Lipinski definition) is 6. The predicted octanol–water partition coefficient (Wildman–Crippen LogP) is -1.38. The van der Waals surface area contributed by atoms with Crippen molar-refractivity contribution in [3.63, 3.8) is 0 Å². The average molecular weight is 262 g/mol. The molecule has 0 spiro atoms. The first kappa shape index (κ1) is 12.0. The fourth-order valence-corrected chi connectivity index (χ4v) is 4.37.